The Bertz CT molecular complexity index is 381. The molecule has 18 heavy (non-hydrogen) atoms. The molecule has 1 aromatic rings. The average Bonchev–Trinajstić information content (AvgIpc) is 2.31. The zero-order valence-corrected chi connectivity index (χ0v) is 10.9. The smallest absolute Gasteiger partial charge is 0.239 e. The summed E-state index contributed by atoms with van der Waals surface area (Å²) in [6.07, 6.45) is 0.758. The number of hydrogen-bond acceptors (Lipinski definition) is 3. The van der Waals surface area contributed by atoms with Gasteiger partial charge in [-0.2, -0.15) is 0 Å². The number of benzene rings is 1. The lowest BCUT2D eigenvalue weighted by molar-refractivity contribution is -0.119. The van der Waals surface area contributed by atoms with Crippen molar-refractivity contribution in [2.24, 2.45) is 0 Å². The minimum absolute atomic E-state index is 0.0762. The number of amides is 1. The fourth-order valence-electron chi connectivity index (χ4n) is 1.35. The second kappa shape index (κ2) is 7.89. The molecule has 0 spiro atoms. The maximum atomic E-state index is 13.0. The molecule has 1 aromatic carbocycles. The molecular weight excluding hydrogens is 259 g/mol. The normalized spacial score (nSPS) is 10.2. The van der Waals surface area contributed by atoms with Gasteiger partial charge >= 0.3 is 0 Å². The predicted octanol–water partition coefficient (Wildman–Crippen LogP) is 2.04. The largest absolute Gasteiger partial charge is 0.385 e. The standard InChI is InChI=1S/C12H16ClFN2O2/c1-18-4-2-3-15-12(17)8-16-11-6-9(13)5-10(14)7-11/h5-7,16H,2-4,8H2,1H3,(H,15,17). The number of halogens is 2. The third kappa shape index (κ3) is 5.84. The number of nitrogens with one attached hydrogen (secondary N) is 2. The highest BCUT2D eigenvalue weighted by Gasteiger charge is 2.02. The van der Waals surface area contributed by atoms with Crippen molar-refractivity contribution in [3.05, 3.63) is 29.0 Å². The molecule has 0 aliphatic carbocycles. The SMILES string of the molecule is COCCCNC(=O)CNc1cc(F)cc(Cl)c1. The van der Waals surface area contributed by atoms with Crippen molar-refractivity contribution in [1.29, 1.82) is 0 Å². The van der Waals surface area contributed by atoms with E-state index in [1.165, 1.54) is 12.1 Å². The Labute approximate surface area is 110 Å². The van der Waals surface area contributed by atoms with Crippen molar-refractivity contribution in [2.75, 3.05) is 32.1 Å². The van der Waals surface area contributed by atoms with Crippen LogP contribution in [0, 0.1) is 5.82 Å². The van der Waals surface area contributed by atoms with E-state index in [0.29, 0.717) is 18.8 Å². The molecule has 6 heteroatoms. The summed E-state index contributed by atoms with van der Waals surface area (Å²) >= 11 is 5.69. The summed E-state index contributed by atoms with van der Waals surface area (Å²) < 4.78 is 17.9. The summed E-state index contributed by atoms with van der Waals surface area (Å²) in [5.74, 6) is -0.600. The van der Waals surface area contributed by atoms with Crippen LogP contribution in [0.3, 0.4) is 0 Å². The van der Waals surface area contributed by atoms with Crippen LogP contribution >= 0.6 is 11.6 Å². The number of ether oxygens (including phenoxy) is 1. The Balaban J connectivity index is 2.29. The number of carbonyl (C=O) groups excluding carboxylic acids is 1. The van der Waals surface area contributed by atoms with Crippen LogP contribution in [0.4, 0.5) is 10.1 Å². The van der Waals surface area contributed by atoms with Gasteiger partial charge in [-0.25, -0.2) is 4.39 Å². The van der Waals surface area contributed by atoms with Crippen LogP contribution in [0.15, 0.2) is 18.2 Å². The van der Waals surface area contributed by atoms with E-state index in [1.807, 2.05) is 0 Å². The molecule has 0 saturated carbocycles. The molecular formula is C12H16ClFN2O2. The number of rotatable bonds is 7. The van der Waals surface area contributed by atoms with E-state index < -0.39 is 5.82 Å². The molecule has 0 unspecified atom stereocenters. The van der Waals surface area contributed by atoms with Crippen LogP contribution in [0.2, 0.25) is 5.02 Å². The third-order valence-corrected chi connectivity index (χ3v) is 2.38. The van der Waals surface area contributed by atoms with Crippen molar-refractivity contribution in [3.8, 4) is 0 Å². The van der Waals surface area contributed by atoms with E-state index in [9.17, 15) is 9.18 Å². The van der Waals surface area contributed by atoms with Crippen LogP contribution in [0.1, 0.15) is 6.42 Å². The van der Waals surface area contributed by atoms with Crippen LogP contribution < -0.4 is 10.6 Å². The molecule has 4 nitrogen and oxygen atoms in total. The molecule has 0 aliphatic rings. The molecule has 0 bridgehead atoms. The Morgan fingerprint density at radius 3 is 2.89 bits per heavy atom. The molecule has 2 N–H and O–H groups in total. The molecule has 0 aromatic heterocycles. The van der Waals surface area contributed by atoms with Crippen LogP contribution in [0.25, 0.3) is 0 Å². The van der Waals surface area contributed by atoms with Gasteiger partial charge in [0.2, 0.25) is 5.91 Å². The first-order valence-corrected chi connectivity index (χ1v) is 5.95. The highest BCUT2D eigenvalue weighted by Crippen LogP contribution is 2.17. The van der Waals surface area contributed by atoms with Gasteiger partial charge in [0, 0.05) is 31.0 Å². The van der Waals surface area contributed by atoms with Gasteiger partial charge in [0.25, 0.3) is 0 Å². The molecule has 0 heterocycles. The van der Waals surface area contributed by atoms with Crippen molar-refractivity contribution in [2.45, 2.75) is 6.42 Å². The minimum atomic E-state index is -0.439. The topological polar surface area (TPSA) is 50.4 Å². The third-order valence-electron chi connectivity index (χ3n) is 2.16. The van der Waals surface area contributed by atoms with Crippen LogP contribution in [-0.4, -0.2) is 32.7 Å². The van der Waals surface area contributed by atoms with Gasteiger partial charge in [-0.3, -0.25) is 4.79 Å². The average molecular weight is 275 g/mol. The number of anilines is 1. The van der Waals surface area contributed by atoms with E-state index in [0.717, 1.165) is 6.42 Å². The lowest BCUT2D eigenvalue weighted by atomic mass is 10.3. The first-order chi connectivity index (χ1) is 8.61. The molecule has 0 aliphatic heterocycles. The number of methoxy groups -OCH3 is 1. The summed E-state index contributed by atoms with van der Waals surface area (Å²) in [7, 11) is 1.61. The van der Waals surface area contributed by atoms with E-state index in [4.69, 9.17) is 16.3 Å². The van der Waals surface area contributed by atoms with Gasteiger partial charge in [-0.05, 0) is 24.6 Å². The zero-order chi connectivity index (χ0) is 13.4. The summed E-state index contributed by atoms with van der Waals surface area (Å²) in [5.41, 5.74) is 0.479. The highest BCUT2D eigenvalue weighted by atomic mass is 35.5. The van der Waals surface area contributed by atoms with E-state index in [-0.39, 0.29) is 17.5 Å². The fourth-order valence-corrected chi connectivity index (χ4v) is 1.57. The van der Waals surface area contributed by atoms with Gasteiger partial charge in [0.05, 0.1) is 6.54 Å². The molecule has 1 amide bonds. The molecule has 0 atom stereocenters. The minimum Gasteiger partial charge on any atom is -0.385 e. The Kier molecular flexibility index (Phi) is 6.46. The van der Waals surface area contributed by atoms with Crippen molar-refractivity contribution in [1.82, 2.24) is 5.32 Å². The van der Waals surface area contributed by atoms with Crippen molar-refractivity contribution in [3.63, 3.8) is 0 Å². The van der Waals surface area contributed by atoms with Gasteiger partial charge in [-0.1, -0.05) is 11.6 Å². The zero-order valence-electron chi connectivity index (χ0n) is 10.1. The predicted molar refractivity (Wildman–Crippen MR) is 69.4 cm³/mol. The quantitative estimate of drug-likeness (QED) is 0.748. The van der Waals surface area contributed by atoms with E-state index >= 15 is 0 Å². The summed E-state index contributed by atoms with van der Waals surface area (Å²) in [6, 6.07) is 4.05. The Morgan fingerprint density at radius 1 is 1.44 bits per heavy atom. The summed E-state index contributed by atoms with van der Waals surface area (Å²) in [5, 5.41) is 5.80. The Hall–Kier alpha value is -1.33. The monoisotopic (exact) mass is 274 g/mol. The second-order valence-corrected chi connectivity index (χ2v) is 4.14. The summed E-state index contributed by atoms with van der Waals surface area (Å²) in [4.78, 5) is 11.4. The first-order valence-electron chi connectivity index (χ1n) is 5.57. The number of hydrogen-bond donors (Lipinski definition) is 2. The van der Waals surface area contributed by atoms with Crippen molar-refractivity contribution < 1.29 is 13.9 Å². The highest BCUT2D eigenvalue weighted by molar-refractivity contribution is 6.30. The molecule has 100 valence electrons. The molecule has 1 rings (SSSR count). The van der Waals surface area contributed by atoms with E-state index in [2.05, 4.69) is 10.6 Å². The number of carbonyl (C=O) groups is 1. The van der Waals surface area contributed by atoms with E-state index in [1.54, 1.807) is 13.2 Å². The Morgan fingerprint density at radius 2 is 2.22 bits per heavy atom. The molecule has 0 saturated heterocycles. The van der Waals surface area contributed by atoms with Crippen LogP contribution in [0.5, 0.6) is 0 Å². The van der Waals surface area contributed by atoms with Crippen LogP contribution in [-0.2, 0) is 9.53 Å². The second-order valence-electron chi connectivity index (χ2n) is 3.71. The van der Waals surface area contributed by atoms with Gasteiger partial charge < -0.3 is 15.4 Å². The lowest BCUT2D eigenvalue weighted by Gasteiger charge is -2.08. The maximum Gasteiger partial charge on any atom is 0.239 e. The summed E-state index contributed by atoms with van der Waals surface area (Å²) in [6.45, 7) is 1.23. The van der Waals surface area contributed by atoms with Crippen molar-refractivity contribution >= 4 is 23.2 Å². The van der Waals surface area contributed by atoms with Gasteiger partial charge in [0.15, 0.2) is 0 Å². The van der Waals surface area contributed by atoms with Gasteiger partial charge in [0.1, 0.15) is 5.82 Å². The maximum absolute atomic E-state index is 13.0. The first kappa shape index (κ1) is 14.7. The van der Waals surface area contributed by atoms with Gasteiger partial charge in [-0.15, -0.1) is 0 Å². The lowest BCUT2D eigenvalue weighted by Crippen LogP contribution is -2.31. The molecule has 0 radical (unpaired) electrons. The molecule has 0 fully saturated rings. The fraction of sp³-hybridized carbons (Fsp3) is 0.417.